The average Bonchev–Trinajstić information content (AvgIpc) is 2.96. The quantitative estimate of drug-likeness (QED) is 0.258. The maximum absolute atomic E-state index is 5.34. The molecule has 1 saturated carbocycles. The molecular weight excluding hydrogens is 180 g/mol. The molecule has 1 rings (SSSR count). The van der Waals surface area contributed by atoms with Gasteiger partial charge in [-0.15, -0.1) is 0 Å². The Morgan fingerprint density at radius 3 is 2.64 bits per heavy atom. The lowest BCUT2D eigenvalue weighted by Crippen LogP contribution is -2.43. The minimum absolute atomic E-state index is 0.243. The van der Waals surface area contributed by atoms with Crippen LogP contribution in [0.25, 0.3) is 0 Å². The molecule has 0 atom stereocenters. The van der Waals surface area contributed by atoms with E-state index in [9.17, 15) is 0 Å². The van der Waals surface area contributed by atoms with Crippen molar-refractivity contribution < 1.29 is 4.74 Å². The molecule has 14 heavy (non-hydrogen) atoms. The van der Waals surface area contributed by atoms with Crippen LogP contribution in [0.4, 0.5) is 0 Å². The first-order valence-electron chi connectivity index (χ1n) is 4.90. The summed E-state index contributed by atoms with van der Waals surface area (Å²) in [7, 11) is 1.68. The molecule has 0 aliphatic heterocycles. The lowest BCUT2D eigenvalue weighted by atomic mass is 10.1. The molecule has 0 aromatic carbocycles. The molecule has 0 bridgehead atoms. The fourth-order valence-corrected chi connectivity index (χ4v) is 0.888. The number of nitrogens with one attached hydrogen (secondary N) is 2. The number of ether oxygens (including phenoxy) is 1. The van der Waals surface area contributed by atoms with Crippen molar-refractivity contribution in [3.8, 4) is 0 Å². The van der Waals surface area contributed by atoms with Gasteiger partial charge < -0.3 is 10.1 Å². The van der Waals surface area contributed by atoms with Crippen LogP contribution in [-0.4, -0.2) is 31.3 Å². The van der Waals surface area contributed by atoms with Crippen LogP contribution in [0, 0.1) is 0 Å². The highest BCUT2D eigenvalue weighted by Crippen LogP contribution is 2.18. The molecule has 1 fully saturated rings. The first-order valence-corrected chi connectivity index (χ1v) is 4.90. The topological polar surface area (TPSA) is 71.7 Å². The van der Waals surface area contributed by atoms with Crippen molar-refractivity contribution in [2.24, 2.45) is 10.8 Å². The third-order valence-corrected chi connectivity index (χ3v) is 2.23. The number of nitrogens with zero attached hydrogens (tertiary/aromatic N) is 1. The minimum Gasteiger partial charge on any atom is -0.377 e. The van der Waals surface area contributed by atoms with Gasteiger partial charge in [-0.3, -0.25) is 5.43 Å². The van der Waals surface area contributed by atoms with Gasteiger partial charge in [0.1, 0.15) is 0 Å². The van der Waals surface area contributed by atoms with E-state index in [1.54, 1.807) is 7.11 Å². The van der Waals surface area contributed by atoms with Gasteiger partial charge in [-0.2, -0.15) is 0 Å². The highest BCUT2D eigenvalue weighted by molar-refractivity contribution is 5.79. The van der Waals surface area contributed by atoms with Crippen molar-refractivity contribution >= 4 is 5.96 Å². The minimum atomic E-state index is -0.243. The molecule has 0 radical (unpaired) electrons. The second kappa shape index (κ2) is 4.61. The number of hydrazine groups is 1. The zero-order chi connectivity index (χ0) is 10.6. The number of nitrogens with two attached hydrogens (primary N) is 1. The summed E-state index contributed by atoms with van der Waals surface area (Å²) in [5, 5.41) is 3.20. The summed E-state index contributed by atoms with van der Waals surface area (Å²) >= 11 is 0. The third-order valence-electron chi connectivity index (χ3n) is 2.23. The predicted molar refractivity (Wildman–Crippen MR) is 56.9 cm³/mol. The number of guanidine groups is 1. The molecule has 1 aliphatic rings. The Hall–Kier alpha value is -0.810. The van der Waals surface area contributed by atoms with Crippen LogP contribution in [0.5, 0.6) is 0 Å². The van der Waals surface area contributed by atoms with Crippen LogP contribution in [0.2, 0.25) is 0 Å². The zero-order valence-corrected chi connectivity index (χ0v) is 9.13. The highest BCUT2D eigenvalue weighted by Gasteiger charge is 2.22. The standard InChI is InChI=1S/C9H20N4O/c1-9(2,14-3)6-11-8(13-10)12-7-4-5-7/h7H,4-6,10H2,1-3H3,(H2,11,12,13). The first kappa shape index (κ1) is 11.3. The van der Waals surface area contributed by atoms with Crippen molar-refractivity contribution in [3.05, 3.63) is 0 Å². The van der Waals surface area contributed by atoms with Gasteiger partial charge in [0.2, 0.25) is 5.96 Å². The SMILES string of the molecule is COC(C)(C)CN=C(NN)NC1CC1. The van der Waals surface area contributed by atoms with E-state index in [-0.39, 0.29) is 5.60 Å². The van der Waals surface area contributed by atoms with Crippen LogP contribution < -0.4 is 16.6 Å². The maximum Gasteiger partial charge on any atom is 0.206 e. The van der Waals surface area contributed by atoms with Crippen LogP contribution in [0.15, 0.2) is 4.99 Å². The lowest BCUT2D eigenvalue weighted by molar-refractivity contribution is 0.0310. The van der Waals surface area contributed by atoms with Gasteiger partial charge in [-0.1, -0.05) is 0 Å². The van der Waals surface area contributed by atoms with Gasteiger partial charge in [0.25, 0.3) is 0 Å². The van der Waals surface area contributed by atoms with E-state index in [0.29, 0.717) is 18.5 Å². The number of hydrogen-bond donors (Lipinski definition) is 3. The molecule has 0 heterocycles. The molecule has 0 aromatic rings. The van der Waals surface area contributed by atoms with E-state index in [0.717, 1.165) is 0 Å². The van der Waals surface area contributed by atoms with Crippen LogP contribution in [0.3, 0.4) is 0 Å². The van der Waals surface area contributed by atoms with E-state index < -0.39 is 0 Å². The van der Waals surface area contributed by atoms with Gasteiger partial charge in [0.15, 0.2) is 0 Å². The average molecular weight is 200 g/mol. The van der Waals surface area contributed by atoms with Crippen LogP contribution >= 0.6 is 0 Å². The molecule has 82 valence electrons. The highest BCUT2D eigenvalue weighted by atomic mass is 16.5. The summed E-state index contributed by atoms with van der Waals surface area (Å²) < 4.78 is 5.25. The van der Waals surface area contributed by atoms with Crippen molar-refractivity contribution in [3.63, 3.8) is 0 Å². The van der Waals surface area contributed by atoms with Gasteiger partial charge >= 0.3 is 0 Å². The van der Waals surface area contributed by atoms with Crippen molar-refractivity contribution in [1.82, 2.24) is 10.7 Å². The van der Waals surface area contributed by atoms with Gasteiger partial charge in [0, 0.05) is 13.2 Å². The van der Waals surface area contributed by atoms with Gasteiger partial charge in [0.05, 0.1) is 12.1 Å². The van der Waals surface area contributed by atoms with Gasteiger partial charge in [-0.05, 0) is 26.7 Å². The van der Waals surface area contributed by atoms with Crippen LogP contribution in [-0.2, 0) is 4.74 Å². The zero-order valence-electron chi connectivity index (χ0n) is 9.13. The Morgan fingerprint density at radius 2 is 2.21 bits per heavy atom. The van der Waals surface area contributed by atoms with E-state index in [1.165, 1.54) is 12.8 Å². The van der Waals surface area contributed by atoms with Crippen molar-refractivity contribution in [1.29, 1.82) is 0 Å². The summed E-state index contributed by atoms with van der Waals surface area (Å²) in [6.07, 6.45) is 2.41. The largest absolute Gasteiger partial charge is 0.377 e. The lowest BCUT2D eigenvalue weighted by Gasteiger charge is -2.20. The molecule has 4 N–H and O–H groups in total. The molecule has 1 aliphatic carbocycles. The second-order valence-corrected chi connectivity index (χ2v) is 4.19. The van der Waals surface area contributed by atoms with E-state index >= 15 is 0 Å². The Labute approximate surface area is 85.1 Å². The van der Waals surface area contributed by atoms with Crippen molar-refractivity contribution in [2.45, 2.75) is 38.3 Å². The normalized spacial score (nSPS) is 18.1. The Morgan fingerprint density at radius 1 is 1.57 bits per heavy atom. The first-order chi connectivity index (χ1) is 6.57. The van der Waals surface area contributed by atoms with E-state index in [2.05, 4.69) is 15.7 Å². The Kier molecular flexibility index (Phi) is 3.71. The third kappa shape index (κ3) is 3.93. The molecule has 5 nitrogen and oxygen atoms in total. The molecule has 0 unspecified atom stereocenters. The van der Waals surface area contributed by atoms with Crippen molar-refractivity contribution in [2.75, 3.05) is 13.7 Å². The van der Waals surface area contributed by atoms with Crippen LogP contribution in [0.1, 0.15) is 26.7 Å². The maximum atomic E-state index is 5.34. The smallest absolute Gasteiger partial charge is 0.206 e. The molecule has 0 aromatic heterocycles. The predicted octanol–water partition coefficient (Wildman–Crippen LogP) is -0.0173. The molecule has 0 spiro atoms. The second-order valence-electron chi connectivity index (χ2n) is 4.19. The van der Waals surface area contributed by atoms with Gasteiger partial charge in [-0.25, -0.2) is 10.8 Å². The number of rotatable bonds is 4. The molecular formula is C9H20N4O. The molecule has 5 heteroatoms. The summed E-state index contributed by atoms with van der Waals surface area (Å²) in [5.74, 6) is 5.99. The molecule has 0 amide bonds. The van der Waals surface area contributed by atoms with E-state index in [1.807, 2.05) is 13.8 Å². The Balaban J connectivity index is 2.37. The number of aliphatic imine (C=N–C) groups is 1. The summed E-state index contributed by atoms with van der Waals surface area (Å²) in [5.41, 5.74) is 2.31. The monoisotopic (exact) mass is 200 g/mol. The fourth-order valence-electron chi connectivity index (χ4n) is 0.888. The molecule has 0 saturated heterocycles. The summed E-state index contributed by atoms with van der Waals surface area (Å²) in [4.78, 5) is 4.31. The fraction of sp³-hybridized carbons (Fsp3) is 0.889. The number of methoxy groups -OCH3 is 1. The summed E-state index contributed by atoms with van der Waals surface area (Å²) in [6, 6.07) is 0.551. The number of hydrogen-bond acceptors (Lipinski definition) is 3. The summed E-state index contributed by atoms with van der Waals surface area (Å²) in [6.45, 7) is 4.56. The Bertz CT molecular complexity index is 211. The van der Waals surface area contributed by atoms with E-state index in [4.69, 9.17) is 10.6 Å².